The molecule has 0 bridgehead atoms. The van der Waals surface area contributed by atoms with E-state index in [-0.39, 0.29) is 5.92 Å². The van der Waals surface area contributed by atoms with Gasteiger partial charge in [-0.25, -0.2) is 9.18 Å². The van der Waals surface area contributed by atoms with E-state index in [1.54, 1.807) is 0 Å². The molecule has 1 heterocycles. The number of halogens is 1. The summed E-state index contributed by atoms with van der Waals surface area (Å²) in [6, 6.07) is -0.593. The van der Waals surface area contributed by atoms with Gasteiger partial charge in [-0.15, -0.1) is 0 Å². The molecule has 1 aliphatic heterocycles. The van der Waals surface area contributed by atoms with Gasteiger partial charge in [0.25, 0.3) is 0 Å². The van der Waals surface area contributed by atoms with Crippen molar-refractivity contribution < 1.29 is 9.18 Å². The smallest absolute Gasteiger partial charge is 0.312 e. The van der Waals surface area contributed by atoms with Crippen molar-refractivity contribution in [2.24, 2.45) is 11.7 Å². The van der Waals surface area contributed by atoms with E-state index in [0.717, 1.165) is 0 Å². The molecule has 2 atom stereocenters. The van der Waals surface area contributed by atoms with Crippen LogP contribution in [0.2, 0.25) is 0 Å². The second-order valence-corrected chi connectivity index (χ2v) is 2.68. The van der Waals surface area contributed by atoms with Gasteiger partial charge in [0.05, 0.1) is 0 Å². The number of rotatable bonds is 2. The van der Waals surface area contributed by atoms with Crippen molar-refractivity contribution in [2.45, 2.75) is 6.17 Å². The molecule has 11 heavy (non-hydrogen) atoms. The van der Waals surface area contributed by atoms with Crippen LogP contribution in [0.4, 0.5) is 9.18 Å². The molecule has 0 radical (unpaired) electrons. The van der Waals surface area contributed by atoms with Crippen LogP contribution in [0.25, 0.3) is 0 Å². The highest BCUT2D eigenvalue weighted by Crippen LogP contribution is 2.10. The van der Waals surface area contributed by atoms with E-state index in [1.807, 2.05) is 0 Å². The number of nitrogens with one attached hydrogen (secondary N) is 2. The molecule has 5 heteroatoms. The second-order valence-electron chi connectivity index (χ2n) is 2.68. The number of hydrogen-bond acceptors (Lipinski definition) is 2. The third kappa shape index (κ3) is 2.34. The Morgan fingerprint density at radius 1 is 1.73 bits per heavy atom. The van der Waals surface area contributed by atoms with E-state index >= 15 is 0 Å². The standard InChI is InChI=1S/C6H12FN3O/c7-5-3-9-1-4(5)2-10-6(8)11/h4-5,9H,1-3H2,(H3,8,10,11)/t4-,5-/m0/s1. The minimum atomic E-state index is -0.859. The van der Waals surface area contributed by atoms with Crippen molar-refractivity contribution >= 4 is 6.03 Å². The maximum atomic E-state index is 12.8. The Hall–Kier alpha value is -0.840. The molecule has 0 aromatic rings. The van der Waals surface area contributed by atoms with Gasteiger partial charge in [0.15, 0.2) is 0 Å². The van der Waals surface area contributed by atoms with Crippen molar-refractivity contribution in [3.8, 4) is 0 Å². The topological polar surface area (TPSA) is 67.2 Å². The minimum Gasteiger partial charge on any atom is -0.352 e. The van der Waals surface area contributed by atoms with Crippen molar-refractivity contribution in [1.82, 2.24) is 10.6 Å². The van der Waals surface area contributed by atoms with Gasteiger partial charge in [-0.1, -0.05) is 0 Å². The summed E-state index contributed by atoms with van der Waals surface area (Å²) in [5.41, 5.74) is 4.82. The molecular formula is C6H12FN3O. The van der Waals surface area contributed by atoms with E-state index in [0.29, 0.717) is 19.6 Å². The van der Waals surface area contributed by atoms with Crippen LogP contribution in [0.1, 0.15) is 0 Å². The lowest BCUT2D eigenvalue weighted by Crippen LogP contribution is -2.36. The zero-order valence-corrected chi connectivity index (χ0v) is 6.14. The van der Waals surface area contributed by atoms with Gasteiger partial charge in [0.1, 0.15) is 6.17 Å². The Labute approximate surface area is 64.3 Å². The van der Waals surface area contributed by atoms with Gasteiger partial charge in [0.2, 0.25) is 0 Å². The molecule has 1 saturated heterocycles. The van der Waals surface area contributed by atoms with Crippen LogP contribution in [-0.2, 0) is 0 Å². The van der Waals surface area contributed by atoms with Gasteiger partial charge >= 0.3 is 6.03 Å². The lowest BCUT2D eigenvalue weighted by atomic mass is 10.1. The van der Waals surface area contributed by atoms with Crippen LogP contribution >= 0.6 is 0 Å². The Morgan fingerprint density at radius 3 is 2.91 bits per heavy atom. The molecule has 0 aromatic heterocycles. The number of nitrogens with two attached hydrogens (primary N) is 1. The van der Waals surface area contributed by atoms with Crippen LogP contribution < -0.4 is 16.4 Å². The number of primary amides is 1. The number of urea groups is 1. The van der Waals surface area contributed by atoms with Gasteiger partial charge in [0, 0.05) is 25.6 Å². The summed E-state index contributed by atoms with van der Waals surface area (Å²) in [4.78, 5) is 10.2. The quantitative estimate of drug-likeness (QED) is 0.497. The normalized spacial score (nSPS) is 30.3. The first-order chi connectivity index (χ1) is 5.20. The highest BCUT2D eigenvalue weighted by Gasteiger charge is 2.26. The molecule has 4 N–H and O–H groups in total. The predicted molar refractivity (Wildman–Crippen MR) is 38.8 cm³/mol. The summed E-state index contributed by atoms with van der Waals surface area (Å²) in [6.07, 6.45) is -0.859. The number of amides is 2. The first-order valence-corrected chi connectivity index (χ1v) is 3.58. The van der Waals surface area contributed by atoms with E-state index in [9.17, 15) is 9.18 Å². The van der Waals surface area contributed by atoms with Gasteiger partial charge in [-0.2, -0.15) is 0 Å². The number of alkyl halides is 1. The SMILES string of the molecule is NC(=O)NC[C@@H]1CNC[C@@H]1F. The van der Waals surface area contributed by atoms with Gasteiger partial charge in [-0.3, -0.25) is 0 Å². The molecular weight excluding hydrogens is 149 g/mol. The molecule has 0 saturated carbocycles. The Morgan fingerprint density at radius 2 is 2.45 bits per heavy atom. The number of carbonyl (C=O) groups excluding carboxylic acids is 1. The fourth-order valence-electron chi connectivity index (χ4n) is 1.13. The molecule has 4 nitrogen and oxygen atoms in total. The molecule has 0 spiro atoms. The molecule has 1 fully saturated rings. The van der Waals surface area contributed by atoms with E-state index in [1.165, 1.54) is 0 Å². The molecule has 0 aromatic carbocycles. The summed E-state index contributed by atoms with van der Waals surface area (Å²) in [5.74, 6) is -0.123. The molecule has 1 rings (SSSR count). The maximum Gasteiger partial charge on any atom is 0.312 e. The summed E-state index contributed by atoms with van der Waals surface area (Å²) >= 11 is 0. The van der Waals surface area contributed by atoms with E-state index < -0.39 is 12.2 Å². The zero-order chi connectivity index (χ0) is 8.27. The zero-order valence-electron chi connectivity index (χ0n) is 6.14. The lowest BCUT2D eigenvalue weighted by Gasteiger charge is -2.10. The molecule has 0 unspecified atom stereocenters. The monoisotopic (exact) mass is 161 g/mol. The number of carbonyl (C=O) groups is 1. The minimum absolute atomic E-state index is 0.123. The van der Waals surface area contributed by atoms with Crippen LogP contribution in [0.3, 0.4) is 0 Å². The third-order valence-corrected chi connectivity index (χ3v) is 1.80. The highest BCUT2D eigenvalue weighted by atomic mass is 19.1. The average Bonchev–Trinajstić information content (AvgIpc) is 2.31. The van der Waals surface area contributed by atoms with Crippen LogP contribution in [0.15, 0.2) is 0 Å². The molecule has 64 valence electrons. The van der Waals surface area contributed by atoms with Crippen LogP contribution in [-0.4, -0.2) is 31.8 Å². The largest absolute Gasteiger partial charge is 0.352 e. The Bertz CT molecular complexity index is 153. The van der Waals surface area contributed by atoms with Crippen LogP contribution in [0.5, 0.6) is 0 Å². The fraction of sp³-hybridized carbons (Fsp3) is 0.833. The first-order valence-electron chi connectivity index (χ1n) is 3.58. The Balaban J connectivity index is 2.20. The Kier molecular flexibility index (Phi) is 2.64. The van der Waals surface area contributed by atoms with Crippen molar-refractivity contribution in [2.75, 3.05) is 19.6 Å². The molecule has 0 aliphatic carbocycles. The van der Waals surface area contributed by atoms with Crippen LogP contribution in [0, 0.1) is 5.92 Å². The third-order valence-electron chi connectivity index (χ3n) is 1.80. The fourth-order valence-corrected chi connectivity index (χ4v) is 1.13. The highest BCUT2D eigenvalue weighted by molar-refractivity contribution is 5.71. The average molecular weight is 161 g/mol. The van der Waals surface area contributed by atoms with Crippen molar-refractivity contribution in [3.05, 3.63) is 0 Å². The van der Waals surface area contributed by atoms with Gasteiger partial charge < -0.3 is 16.4 Å². The molecule has 2 amide bonds. The number of hydrogen-bond donors (Lipinski definition) is 3. The van der Waals surface area contributed by atoms with Crippen molar-refractivity contribution in [3.63, 3.8) is 0 Å². The summed E-state index contributed by atoms with van der Waals surface area (Å²) in [7, 11) is 0. The predicted octanol–water partition coefficient (Wildman–Crippen LogP) is -0.788. The summed E-state index contributed by atoms with van der Waals surface area (Å²) in [5, 5.41) is 5.26. The van der Waals surface area contributed by atoms with E-state index in [2.05, 4.69) is 10.6 Å². The lowest BCUT2D eigenvalue weighted by molar-refractivity contribution is 0.240. The van der Waals surface area contributed by atoms with Gasteiger partial charge in [-0.05, 0) is 0 Å². The molecule has 1 aliphatic rings. The second kappa shape index (κ2) is 3.52. The van der Waals surface area contributed by atoms with Crippen molar-refractivity contribution in [1.29, 1.82) is 0 Å². The summed E-state index contributed by atoms with van der Waals surface area (Å²) in [6.45, 7) is 1.32. The first kappa shape index (κ1) is 8.26. The van der Waals surface area contributed by atoms with E-state index in [4.69, 9.17) is 5.73 Å². The maximum absolute atomic E-state index is 12.8. The summed E-state index contributed by atoms with van der Waals surface area (Å²) < 4.78 is 12.8.